The molecule has 4 rings (SSSR count). The van der Waals surface area contributed by atoms with E-state index in [4.69, 9.17) is 19.9 Å². The Labute approximate surface area is 214 Å². The molecule has 1 atom stereocenters. The third-order valence-corrected chi connectivity index (χ3v) is 6.28. The number of methoxy groups -OCH3 is 2. The van der Waals surface area contributed by atoms with Crippen LogP contribution in [0.4, 0.5) is 5.69 Å². The monoisotopic (exact) mass is 502 g/mol. The number of hydrogen-bond acceptors (Lipinski definition) is 9. The Kier molecular flexibility index (Phi) is 7.55. The summed E-state index contributed by atoms with van der Waals surface area (Å²) in [4.78, 5) is 42.9. The summed E-state index contributed by atoms with van der Waals surface area (Å²) in [6.07, 6.45) is 0. The minimum Gasteiger partial charge on any atom is -0.466 e. The molecule has 0 aliphatic carbocycles. The van der Waals surface area contributed by atoms with Crippen LogP contribution in [0.2, 0.25) is 0 Å². The Bertz CT molecular complexity index is 1320. The quantitative estimate of drug-likeness (QED) is 0.610. The fourth-order valence-corrected chi connectivity index (χ4v) is 4.55. The van der Waals surface area contributed by atoms with Gasteiger partial charge in [0, 0.05) is 13.1 Å². The molecule has 0 bridgehead atoms. The third kappa shape index (κ3) is 4.64. The number of anilines is 1. The molecular formula is C27H26N4O6. The van der Waals surface area contributed by atoms with Crippen molar-refractivity contribution < 1.29 is 28.6 Å². The first-order valence-electron chi connectivity index (χ1n) is 11.6. The summed E-state index contributed by atoms with van der Waals surface area (Å²) in [5, 5.41) is 10.2. The zero-order valence-electron chi connectivity index (χ0n) is 20.5. The number of nitriles is 1. The fourth-order valence-electron chi connectivity index (χ4n) is 4.55. The van der Waals surface area contributed by atoms with Crippen LogP contribution in [0.5, 0.6) is 0 Å². The second-order valence-corrected chi connectivity index (χ2v) is 8.26. The van der Waals surface area contributed by atoms with E-state index in [0.717, 1.165) is 0 Å². The number of carbonyl (C=O) groups excluding carboxylic acids is 3. The maximum absolute atomic E-state index is 13.5. The second-order valence-electron chi connectivity index (χ2n) is 8.26. The van der Waals surface area contributed by atoms with Crippen molar-refractivity contribution in [1.29, 1.82) is 5.26 Å². The minimum atomic E-state index is -0.994. The van der Waals surface area contributed by atoms with Crippen molar-refractivity contribution in [1.82, 2.24) is 4.90 Å². The number of allylic oxidation sites excluding steroid dienone is 1. The van der Waals surface area contributed by atoms with Crippen molar-refractivity contribution in [2.24, 2.45) is 5.73 Å². The van der Waals surface area contributed by atoms with Gasteiger partial charge in [-0.1, -0.05) is 42.5 Å². The van der Waals surface area contributed by atoms with Gasteiger partial charge in [-0.15, -0.1) is 0 Å². The zero-order valence-corrected chi connectivity index (χ0v) is 20.5. The normalized spacial score (nSPS) is 17.8. The number of amides is 1. The van der Waals surface area contributed by atoms with Gasteiger partial charge >= 0.3 is 11.9 Å². The van der Waals surface area contributed by atoms with Crippen molar-refractivity contribution in [2.75, 3.05) is 45.4 Å². The SMILES string of the molecule is COC(=O)C1=C(C(=O)OC)N(c2ccccc2C(=O)N2CCOCC2)C(N)=C(C#N)C1c1ccccc1. The predicted octanol–water partition coefficient (Wildman–Crippen LogP) is 2.06. The Morgan fingerprint density at radius 1 is 0.973 bits per heavy atom. The van der Waals surface area contributed by atoms with Crippen molar-refractivity contribution >= 4 is 23.5 Å². The predicted molar refractivity (Wildman–Crippen MR) is 133 cm³/mol. The van der Waals surface area contributed by atoms with Gasteiger partial charge in [0.05, 0.1) is 61.8 Å². The molecular weight excluding hydrogens is 476 g/mol. The van der Waals surface area contributed by atoms with Crippen molar-refractivity contribution in [2.45, 2.75) is 5.92 Å². The lowest BCUT2D eigenvalue weighted by Crippen LogP contribution is -2.43. The summed E-state index contributed by atoms with van der Waals surface area (Å²) < 4.78 is 15.5. The first kappa shape index (κ1) is 25.5. The van der Waals surface area contributed by atoms with Crippen LogP contribution in [0.15, 0.2) is 77.3 Å². The topological polar surface area (TPSA) is 135 Å². The van der Waals surface area contributed by atoms with Crippen molar-refractivity contribution in [3.8, 4) is 6.07 Å². The molecule has 10 nitrogen and oxygen atoms in total. The maximum atomic E-state index is 13.5. The fraction of sp³-hybridized carbons (Fsp3) is 0.259. The van der Waals surface area contributed by atoms with Gasteiger partial charge in [0.2, 0.25) is 0 Å². The van der Waals surface area contributed by atoms with E-state index in [9.17, 15) is 19.6 Å². The number of ether oxygens (including phenoxy) is 3. The number of hydrogen-bond donors (Lipinski definition) is 1. The minimum absolute atomic E-state index is 0.0212. The van der Waals surface area contributed by atoms with Gasteiger partial charge in [-0.05, 0) is 17.7 Å². The first-order valence-corrected chi connectivity index (χ1v) is 11.6. The Hall–Kier alpha value is -4.62. The molecule has 0 spiro atoms. The van der Waals surface area contributed by atoms with Crippen LogP contribution < -0.4 is 10.6 Å². The molecule has 190 valence electrons. The number of esters is 2. The van der Waals surface area contributed by atoms with Crippen LogP contribution in [0, 0.1) is 11.3 Å². The van der Waals surface area contributed by atoms with E-state index in [2.05, 4.69) is 6.07 Å². The van der Waals surface area contributed by atoms with Gasteiger partial charge in [-0.3, -0.25) is 9.69 Å². The molecule has 1 saturated heterocycles. The van der Waals surface area contributed by atoms with E-state index in [1.54, 1.807) is 59.5 Å². The van der Waals surface area contributed by atoms with E-state index >= 15 is 0 Å². The number of rotatable bonds is 5. The molecule has 10 heteroatoms. The summed E-state index contributed by atoms with van der Waals surface area (Å²) in [5.74, 6) is -3.12. The van der Waals surface area contributed by atoms with Gasteiger partial charge in [0.1, 0.15) is 11.5 Å². The van der Waals surface area contributed by atoms with E-state index < -0.39 is 17.9 Å². The van der Waals surface area contributed by atoms with Crippen LogP contribution in [0.25, 0.3) is 0 Å². The van der Waals surface area contributed by atoms with Gasteiger partial charge in [0.25, 0.3) is 5.91 Å². The molecule has 2 heterocycles. The standard InChI is InChI=1S/C27H26N4O6/c1-35-26(33)22-21(17-8-4-3-5-9-17)19(16-28)24(29)31(23(22)27(34)36-2)20-11-7-6-10-18(20)25(32)30-12-14-37-15-13-30/h3-11,21H,12-15,29H2,1-2H3. The number of para-hydroxylation sites is 1. The smallest absolute Gasteiger partial charge is 0.355 e. The Morgan fingerprint density at radius 3 is 2.22 bits per heavy atom. The van der Waals surface area contributed by atoms with Gasteiger partial charge in [0.15, 0.2) is 0 Å². The first-order chi connectivity index (χ1) is 17.9. The number of nitrogens with two attached hydrogens (primary N) is 1. The van der Waals surface area contributed by atoms with Crippen LogP contribution in [0.3, 0.4) is 0 Å². The number of benzene rings is 2. The average molecular weight is 503 g/mol. The lowest BCUT2D eigenvalue weighted by molar-refractivity contribution is -0.139. The highest BCUT2D eigenvalue weighted by atomic mass is 16.5. The molecule has 1 fully saturated rings. The van der Waals surface area contributed by atoms with E-state index in [1.807, 2.05) is 0 Å². The van der Waals surface area contributed by atoms with Gasteiger partial charge in [-0.25, -0.2) is 9.59 Å². The molecule has 1 unspecified atom stereocenters. The molecule has 2 aliphatic heterocycles. The molecule has 1 amide bonds. The number of nitrogens with zero attached hydrogens (tertiary/aromatic N) is 3. The summed E-state index contributed by atoms with van der Waals surface area (Å²) >= 11 is 0. The van der Waals surface area contributed by atoms with E-state index in [-0.39, 0.29) is 39.8 Å². The van der Waals surface area contributed by atoms with Crippen LogP contribution >= 0.6 is 0 Å². The van der Waals surface area contributed by atoms with Crippen LogP contribution in [-0.4, -0.2) is 63.3 Å². The lowest BCUT2D eigenvalue weighted by Gasteiger charge is -2.37. The summed E-state index contributed by atoms with van der Waals surface area (Å²) in [6.45, 7) is 1.59. The molecule has 2 N–H and O–H groups in total. The highest BCUT2D eigenvalue weighted by molar-refractivity contribution is 6.08. The summed E-state index contributed by atoms with van der Waals surface area (Å²) in [5.41, 5.74) is 7.24. The average Bonchev–Trinajstić information content (AvgIpc) is 2.96. The van der Waals surface area contributed by atoms with Crippen molar-refractivity contribution in [3.63, 3.8) is 0 Å². The van der Waals surface area contributed by atoms with Crippen LogP contribution in [0.1, 0.15) is 21.8 Å². The molecule has 2 aromatic rings. The molecule has 0 radical (unpaired) electrons. The third-order valence-electron chi connectivity index (χ3n) is 6.28. The van der Waals surface area contributed by atoms with Gasteiger partial charge < -0.3 is 24.8 Å². The van der Waals surface area contributed by atoms with Gasteiger partial charge in [-0.2, -0.15) is 5.26 Å². The summed E-state index contributed by atoms with van der Waals surface area (Å²) in [7, 11) is 2.35. The Balaban J connectivity index is 2.00. The summed E-state index contributed by atoms with van der Waals surface area (Å²) in [6, 6.07) is 17.4. The molecule has 0 saturated carbocycles. The lowest BCUT2D eigenvalue weighted by atomic mass is 9.80. The van der Waals surface area contributed by atoms with Crippen molar-refractivity contribution in [3.05, 3.63) is 88.4 Å². The number of morpholine rings is 1. The molecule has 0 aromatic heterocycles. The molecule has 37 heavy (non-hydrogen) atoms. The van der Waals surface area contributed by atoms with E-state index in [0.29, 0.717) is 31.9 Å². The van der Waals surface area contributed by atoms with Crippen LogP contribution in [-0.2, 0) is 23.8 Å². The molecule has 2 aliphatic rings. The second kappa shape index (κ2) is 11.0. The largest absolute Gasteiger partial charge is 0.466 e. The zero-order chi connectivity index (χ0) is 26.5. The van der Waals surface area contributed by atoms with E-state index in [1.165, 1.54) is 19.1 Å². The maximum Gasteiger partial charge on any atom is 0.355 e. The molecule has 2 aromatic carbocycles. The highest BCUT2D eigenvalue weighted by Crippen LogP contribution is 2.44. The Morgan fingerprint density at radius 2 is 1.59 bits per heavy atom. The highest BCUT2D eigenvalue weighted by Gasteiger charge is 2.43. The number of carbonyl (C=O) groups is 3.